The Bertz CT molecular complexity index is 1860. The molecule has 0 radical (unpaired) electrons. The molecule has 2 aromatic carbocycles. The predicted molar refractivity (Wildman–Crippen MR) is 191 cm³/mol. The van der Waals surface area contributed by atoms with Gasteiger partial charge in [-0.3, -0.25) is 28.8 Å². The summed E-state index contributed by atoms with van der Waals surface area (Å²) in [6.45, 7) is 4.36. The largest absolute Gasteiger partial charge is 0.462 e. The van der Waals surface area contributed by atoms with E-state index in [2.05, 4.69) is 36.7 Å². The first kappa shape index (κ1) is 40.9. The first-order valence-corrected chi connectivity index (χ1v) is 17.1. The van der Waals surface area contributed by atoms with Gasteiger partial charge in [-0.25, -0.2) is 5.43 Å². The number of amides is 1. The zero-order chi connectivity index (χ0) is 38.2. The molecule has 1 N–H and O–H groups in total. The molecule has 0 fully saturated rings. The second-order valence-electron chi connectivity index (χ2n) is 10.7. The lowest BCUT2D eigenvalue weighted by molar-refractivity contribution is -0.197. The van der Waals surface area contributed by atoms with Crippen LogP contribution in [0, 0.1) is 0 Å². The van der Waals surface area contributed by atoms with Crippen LogP contribution in [-0.2, 0) is 59.0 Å². The van der Waals surface area contributed by atoms with Gasteiger partial charge in [-0.2, -0.15) is 10.2 Å². The SMILES string of the molecule is CC(=O)OC[C@@H](OC(C)=O)[C@@H](OC(C)=O)[C@H](OC(C)=O)[C@@H](/C=N/NC(=O)Cn1c(-c2ccccc2)cs/c1=N/N=C/c1ccc(Br)cc1)OC(C)=O. The normalized spacial score (nSPS) is 13.8. The van der Waals surface area contributed by atoms with Gasteiger partial charge in [0.1, 0.15) is 13.2 Å². The third-order valence-electron chi connectivity index (χ3n) is 6.49. The fraction of sp³-hybridized carbons (Fsp3) is 0.324. The lowest BCUT2D eigenvalue weighted by Crippen LogP contribution is -2.53. The van der Waals surface area contributed by atoms with Crippen molar-refractivity contribution in [3.8, 4) is 11.3 Å². The molecule has 3 aromatic rings. The van der Waals surface area contributed by atoms with Crippen molar-refractivity contribution >= 4 is 75.4 Å². The molecule has 1 aromatic heterocycles. The molecule has 1 heterocycles. The number of rotatable bonds is 16. The van der Waals surface area contributed by atoms with Gasteiger partial charge in [0.15, 0.2) is 24.4 Å². The van der Waals surface area contributed by atoms with Gasteiger partial charge in [-0.05, 0) is 23.3 Å². The molecule has 0 bridgehead atoms. The number of halogens is 1. The average Bonchev–Trinajstić information content (AvgIpc) is 3.46. The minimum absolute atomic E-state index is 0.281. The Morgan fingerprint density at radius 2 is 1.42 bits per heavy atom. The lowest BCUT2D eigenvalue weighted by atomic mass is 10.0. The summed E-state index contributed by atoms with van der Waals surface area (Å²) in [7, 11) is 0. The molecule has 4 atom stereocenters. The zero-order valence-electron chi connectivity index (χ0n) is 28.7. The van der Waals surface area contributed by atoms with Crippen LogP contribution in [0.3, 0.4) is 0 Å². The molecule has 0 saturated heterocycles. The smallest absolute Gasteiger partial charge is 0.303 e. The van der Waals surface area contributed by atoms with E-state index in [4.69, 9.17) is 23.7 Å². The van der Waals surface area contributed by atoms with E-state index in [0.717, 1.165) is 56.4 Å². The number of ether oxygens (including phenoxy) is 5. The van der Waals surface area contributed by atoms with Crippen molar-refractivity contribution in [2.75, 3.05) is 6.61 Å². The van der Waals surface area contributed by atoms with Gasteiger partial charge in [0.2, 0.25) is 4.80 Å². The Kier molecular flexibility index (Phi) is 16.0. The summed E-state index contributed by atoms with van der Waals surface area (Å²) in [5.74, 6) is -4.94. The number of hydrogen-bond donors (Lipinski definition) is 1. The Balaban J connectivity index is 1.95. The molecule has 0 aliphatic heterocycles. The Morgan fingerprint density at radius 3 is 2.02 bits per heavy atom. The topological polar surface area (TPSA) is 203 Å². The second kappa shape index (κ2) is 20.4. The predicted octanol–water partition coefficient (Wildman–Crippen LogP) is 3.31. The molecule has 16 nitrogen and oxygen atoms in total. The maximum Gasteiger partial charge on any atom is 0.303 e. The molecule has 0 aliphatic rings. The van der Waals surface area contributed by atoms with Crippen LogP contribution >= 0.6 is 27.3 Å². The third kappa shape index (κ3) is 13.7. The van der Waals surface area contributed by atoms with Gasteiger partial charge in [0, 0.05) is 44.5 Å². The Morgan fingerprint density at radius 1 is 0.808 bits per heavy atom. The van der Waals surface area contributed by atoms with Crippen LogP contribution in [0.5, 0.6) is 0 Å². The first-order chi connectivity index (χ1) is 24.7. The molecular formula is C34H36BrN5O11S. The van der Waals surface area contributed by atoms with Crippen molar-refractivity contribution in [2.24, 2.45) is 15.3 Å². The van der Waals surface area contributed by atoms with E-state index in [0.29, 0.717) is 10.5 Å². The summed E-state index contributed by atoms with van der Waals surface area (Å²) in [4.78, 5) is 73.7. The van der Waals surface area contributed by atoms with Gasteiger partial charge in [0.05, 0.1) is 18.1 Å². The van der Waals surface area contributed by atoms with Crippen LogP contribution in [0.1, 0.15) is 40.2 Å². The van der Waals surface area contributed by atoms with Crippen LogP contribution in [0.15, 0.2) is 79.8 Å². The van der Waals surface area contributed by atoms with E-state index in [1.165, 1.54) is 11.3 Å². The number of esters is 5. The van der Waals surface area contributed by atoms with E-state index in [-0.39, 0.29) is 6.54 Å². The molecule has 0 unspecified atom stereocenters. The number of hydrogen-bond acceptors (Lipinski definition) is 15. The van der Waals surface area contributed by atoms with Crippen molar-refractivity contribution in [2.45, 2.75) is 65.6 Å². The number of aromatic nitrogens is 1. The Labute approximate surface area is 310 Å². The molecule has 0 aliphatic carbocycles. The van der Waals surface area contributed by atoms with Crippen molar-refractivity contribution in [1.29, 1.82) is 0 Å². The van der Waals surface area contributed by atoms with E-state index < -0.39 is 66.8 Å². The second-order valence-corrected chi connectivity index (χ2v) is 12.5. The maximum absolute atomic E-state index is 13.3. The van der Waals surface area contributed by atoms with Gasteiger partial charge < -0.3 is 28.3 Å². The highest BCUT2D eigenvalue weighted by molar-refractivity contribution is 9.10. The number of nitrogens with zero attached hydrogens (tertiary/aromatic N) is 4. The third-order valence-corrected chi connectivity index (χ3v) is 7.87. The molecular weight excluding hydrogens is 766 g/mol. The van der Waals surface area contributed by atoms with Crippen LogP contribution in [0.2, 0.25) is 0 Å². The number of carbonyl (C=O) groups excluding carboxylic acids is 6. The summed E-state index contributed by atoms with van der Waals surface area (Å²) in [5.41, 5.74) is 4.63. The molecule has 276 valence electrons. The fourth-order valence-corrected chi connectivity index (χ4v) is 5.63. The van der Waals surface area contributed by atoms with Crippen LogP contribution in [-0.4, -0.2) is 83.8 Å². The van der Waals surface area contributed by atoms with Gasteiger partial charge in [-0.1, -0.05) is 58.4 Å². The average molecular weight is 803 g/mol. The number of carbonyl (C=O) groups is 6. The molecule has 3 rings (SSSR count). The minimum Gasteiger partial charge on any atom is -0.462 e. The quantitative estimate of drug-likeness (QED) is 0.0964. The summed E-state index contributed by atoms with van der Waals surface area (Å²) in [5, 5.41) is 14.3. The highest BCUT2D eigenvalue weighted by Gasteiger charge is 2.43. The summed E-state index contributed by atoms with van der Waals surface area (Å²) in [6.07, 6.45) is -4.00. The van der Waals surface area contributed by atoms with Crippen molar-refractivity contribution in [3.63, 3.8) is 0 Å². The van der Waals surface area contributed by atoms with E-state index in [9.17, 15) is 28.8 Å². The van der Waals surface area contributed by atoms with Gasteiger partial charge in [0.25, 0.3) is 5.91 Å². The monoisotopic (exact) mass is 801 g/mol. The van der Waals surface area contributed by atoms with Crippen molar-refractivity contribution < 1.29 is 52.5 Å². The number of nitrogens with one attached hydrogen (secondary N) is 1. The number of benzene rings is 2. The van der Waals surface area contributed by atoms with Gasteiger partial charge >= 0.3 is 29.8 Å². The minimum atomic E-state index is -1.70. The number of thiazole rings is 1. The van der Waals surface area contributed by atoms with Crippen LogP contribution in [0.25, 0.3) is 11.3 Å². The van der Waals surface area contributed by atoms with Crippen molar-refractivity contribution in [3.05, 3.63) is 74.8 Å². The standard InChI is InChI=1S/C34H36BrN5O11S/c1-20(41)47-18-30(49-22(3)43)33(51-24(5)45)32(50-23(4)44)29(48-21(2)42)16-37-38-31(46)17-40-28(26-9-7-6-8-10-26)19-52-34(40)39-36-15-25-11-13-27(35)14-12-25/h6-16,19,29-30,32-33H,17-18H2,1-5H3,(H,38,46)/b36-15+,37-16+,39-34+/t29-,30-,32-,33-/m1/s1. The summed E-state index contributed by atoms with van der Waals surface area (Å²) >= 11 is 4.65. The highest BCUT2D eigenvalue weighted by atomic mass is 79.9. The summed E-state index contributed by atoms with van der Waals surface area (Å²) in [6, 6.07) is 16.7. The molecule has 0 saturated carbocycles. The lowest BCUT2D eigenvalue weighted by Gasteiger charge is -2.34. The zero-order valence-corrected chi connectivity index (χ0v) is 31.1. The number of hydrazone groups is 1. The Hall–Kier alpha value is -5.49. The van der Waals surface area contributed by atoms with Crippen molar-refractivity contribution in [1.82, 2.24) is 9.99 Å². The van der Waals surface area contributed by atoms with E-state index >= 15 is 0 Å². The molecule has 0 spiro atoms. The maximum atomic E-state index is 13.3. The van der Waals surface area contributed by atoms with Crippen LogP contribution < -0.4 is 10.2 Å². The molecule has 1 amide bonds. The van der Waals surface area contributed by atoms with E-state index in [1.807, 2.05) is 60.0 Å². The summed E-state index contributed by atoms with van der Waals surface area (Å²) < 4.78 is 28.8. The van der Waals surface area contributed by atoms with Crippen LogP contribution in [0.4, 0.5) is 0 Å². The van der Waals surface area contributed by atoms with E-state index in [1.54, 1.807) is 10.8 Å². The highest BCUT2D eigenvalue weighted by Crippen LogP contribution is 2.21. The first-order valence-electron chi connectivity index (χ1n) is 15.4. The van der Waals surface area contributed by atoms with Gasteiger partial charge in [-0.15, -0.1) is 16.4 Å². The molecule has 18 heteroatoms. The fourth-order valence-electron chi connectivity index (χ4n) is 4.50. The molecule has 52 heavy (non-hydrogen) atoms.